The zero-order valence-corrected chi connectivity index (χ0v) is 12.8. The molecule has 0 saturated carbocycles. The molecule has 23 heavy (non-hydrogen) atoms. The molecule has 1 aliphatic rings. The first-order chi connectivity index (χ1) is 11.2. The molecule has 3 heterocycles. The van der Waals surface area contributed by atoms with Gasteiger partial charge in [-0.15, -0.1) is 0 Å². The Morgan fingerprint density at radius 2 is 2.26 bits per heavy atom. The molecule has 1 aromatic carbocycles. The number of aromatic nitrogens is 2. The quantitative estimate of drug-likeness (QED) is 0.689. The van der Waals surface area contributed by atoms with E-state index in [1.165, 1.54) is 23.5 Å². The van der Waals surface area contributed by atoms with E-state index in [0.29, 0.717) is 30.5 Å². The topological polar surface area (TPSA) is 55.3 Å². The Balaban J connectivity index is 1.64. The van der Waals surface area contributed by atoms with E-state index >= 15 is 0 Å². The number of carbonyl (C=O) groups is 1. The lowest BCUT2D eigenvalue weighted by Gasteiger charge is -2.18. The van der Waals surface area contributed by atoms with Crippen LogP contribution in [0, 0.1) is 5.82 Å². The van der Waals surface area contributed by atoms with Gasteiger partial charge in [-0.1, -0.05) is 17.4 Å². The van der Waals surface area contributed by atoms with Crippen molar-refractivity contribution in [2.24, 2.45) is 0 Å². The van der Waals surface area contributed by atoms with E-state index < -0.39 is 0 Å². The maximum Gasteiger partial charge on any atom is 0.283 e. The summed E-state index contributed by atoms with van der Waals surface area (Å²) in [4.78, 5) is 23.7. The number of pyridine rings is 1. The second-order valence-corrected chi connectivity index (χ2v) is 6.15. The van der Waals surface area contributed by atoms with Crippen molar-refractivity contribution in [2.75, 3.05) is 13.2 Å². The van der Waals surface area contributed by atoms with E-state index in [9.17, 15) is 9.18 Å². The highest BCUT2D eigenvalue weighted by Crippen LogP contribution is 2.26. The smallest absolute Gasteiger partial charge is 0.283 e. The van der Waals surface area contributed by atoms with E-state index in [1.54, 1.807) is 23.2 Å². The van der Waals surface area contributed by atoms with Crippen molar-refractivity contribution in [3.05, 3.63) is 52.9 Å². The number of nitrogens with zero attached hydrogens (tertiary/aromatic N) is 3. The van der Waals surface area contributed by atoms with Gasteiger partial charge in [0, 0.05) is 24.4 Å². The molecule has 0 aliphatic carbocycles. The standard InChI is InChI=1S/C16H12FN3O2S/c17-11-4-3-10-9-20(6-7-22-13(10)8-11)16(21)15-19-12-2-1-5-18-14(12)23-15/h1-5,8H,6-7,9H2. The van der Waals surface area contributed by atoms with Crippen LogP contribution < -0.4 is 4.74 Å². The molecule has 0 spiro atoms. The Hall–Kier alpha value is -2.54. The first-order valence-corrected chi connectivity index (χ1v) is 7.94. The van der Waals surface area contributed by atoms with Crippen LogP contribution in [0.25, 0.3) is 10.3 Å². The Morgan fingerprint density at radius 1 is 1.35 bits per heavy atom. The first kappa shape index (κ1) is 14.1. The lowest BCUT2D eigenvalue weighted by molar-refractivity contribution is 0.0733. The van der Waals surface area contributed by atoms with E-state index in [0.717, 1.165) is 15.9 Å². The minimum atomic E-state index is -0.347. The minimum absolute atomic E-state index is 0.159. The fourth-order valence-corrected chi connectivity index (χ4v) is 3.39. The predicted molar refractivity (Wildman–Crippen MR) is 84.1 cm³/mol. The maximum absolute atomic E-state index is 13.3. The first-order valence-electron chi connectivity index (χ1n) is 7.13. The summed E-state index contributed by atoms with van der Waals surface area (Å²) in [6.45, 7) is 1.13. The van der Waals surface area contributed by atoms with Crippen LogP contribution in [0.5, 0.6) is 5.75 Å². The maximum atomic E-state index is 13.3. The van der Waals surface area contributed by atoms with Crippen LogP contribution in [0.3, 0.4) is 0 Å². The van der Waals surface area contributed by atoms with E-state index in [2.05, 4.69) is 9.97 Å². The van der Waals surface area contributed by atoms with Crippen LogP contribution in [0.15, 0.2) is 36.5 Å². The van der Waals surface area contributed by atoms with E-state index in [-0.39, 0.29) is 11.7 Å². The third-order valence-corrected chi connectivity index (χ3v) is 4.61. The Morgan fingerprint density at radius 3 is 3.13 bits per heavy atom. The number of carbonyl (C=O) groups excluding carboxylic acids is 1. The van der Waals surface area contributed by atoms with Crippen LogP contribution >= 0.6 is 11.3 Å². The SMILES string of the molecule is O=C(c1nc2cccnc2s1)N1CCOc2cc(F)ccc2C1. The van der Waals surface area contributed by atoms with Gasteiger partial charge in [0.2, 0.25) is 0 Å². The average Bonchev–Trinajstić information content (AvgIpc) is 2.88. The van der Waals surface area contributed by atoms with Gasteiger partial charge in [0.05, 0.1) is 6.54 Å². The van der Waals surface area contributed by atoms with Crippen molar-refractivity contribution < 1.29 is 13.9 Å². The lowest BCUT2D eigenvalue weighted by atomic mass is 10.2. The zero-order chi connectivity index (χ0) is 15.8. The predicted octanol–water partition coefficient (Wildman–Crippen LogP) is 2.87. The summed E-state index contributed by atoms with van der Waals surface area (Å²) in [6.07, 6.45) is 1.68. The molecule has 2 aromatic heterocycles. The van der Waals surface area contributed by atoms with Crippen LogP contribution in [0.1, 0.15) is 15.4 Å². The Kier molecular flexibility index (Phi) is 3.42. The molecular weight excluding hydrogens is 317 g/mol. The molecule has 5 nitrogen and oxygen atoms in total. The fourth-order valence-electron chi connectivity index (χ4n) is 2.51. The fraction of sp³-hybridized carbons (Fsp3) is 0.188. The number of fused-ring (bicyclic) bond motifs is 2. The second kappa shape index (κ2) is 5.58. The van der Waals surface area contributed by atoms with Gasteiger partial charge in [0.1, 0.15) is 28.5 Å². The molecule has 7 heteroatoms. The summed E-state index contributed by atoms with van der Waals surface area (Å²) in [5, 5.41) is 0.407. The Bertz CT molecular complexity index is 863. The summed E-state index contributed by atoms with van der Waals surface area (Å²) in [5.74, 6) is -0.0131. The van der Waals surface area contributed by atoms with Crippen molar-refractivity contribution in [1.29, 1.82) is 0 Å². The number of hydrogen-bond donors (Lipinski definition) is 0. The number of ether oxygens (including phenoxy) is 1. The van der Waals surface area contributed by atoms with Crippen LogP contribution in [-0.2, 0) is 6.54 Å². The molecule has 3 aromatic rings. The summed E-state index contributed by atoms with van der Waals surface area (Å²) >= 11 is 1.28. The van der Waals surface area contributed by atoms with Gasteiger partial charge in [-0.25, -0.2) is 14.4 Å². The van der Waals surface area contributed by atoms with Crippen LogP contribution in [0.2, 0.25) is 0 Å². The van der Waals surface area contributed by atoms with Crippen LogP contribution in [0.4, 0.5) is 4.39 Å². The largest absolute Gasteiger partial charge is 0.491 e. The van der Waals surface area contributed by atoms with Crippen molar-refractivity contribution in [2.45, 2.75) is 6.54 Å². The van der Waals surface area contributed by atoms with Gasteiger partial charge in [-0.05, 0) is 18.2 Å². The monoisotopic (exact) mass is 329 g/mol. The molecule has 0 radical (unpaired) electrons. The molecule has 1 amide bonds. The number of hydrogen-bond acceptors (Lipinski definition) is 5. The zero-order valence-electron chi connectivity index (χ0n) is 12.0. The van der Waals surface area contributed by atoms with Crippen LogP contribution in [-0.4, -0.2) is 33.9 Å². The summed E-state index contributed by atoms with van der Waals surface area (Å²) in [5.41, 5.74) is 1.51. The molecule has 0 N–H and O–H groups in total. The van der Waals surface area contributed by atoms with Crippen molar-refractivity contribution >= 4 is 27.6 Å². The second-order valence-electron chi connectivity index (χ2n) is 5.17. The van der Waals surface area contributed by atoms with Gasteiger partial charge in [-0.3, -0.25) is 4.79 Å². The average molecular weight is 329 g/mol. The molecule has 0 fully saturated rings. The molecule has 116 valence electrons. The summed E-state index contributed by atoms with van der Waals surface area (Å²) in [7, 11) is 0. The van der Waals surface area contributed by atoms with Gasteiger partial charge in [0.25, 0.3) is 5.91 Å². The van der Waals surface area contributed by atoms with Crippen molar-refractivity contribution in [3.8, 4) is 5.75 Å². The molecule has 0 bridgehead atoms. The van der Waals surface area contributed by atoms with E-state index in [4.69, 9.17) is 4.74 Å². The van der Waals surface area contributed by atoms with Gasteiger partial charge in [-0.2, -0.15) is 0 Å². The number of amides is 1. The van der Waals surface area contributed by atoms with Crippen molar-refractivity contribution in [1.82, 2.24) is 14.9 Å². The molecule has 0 atom stereocenters. The third-order valence-electron chi connectivity index (χ3n) is 3.65. The highest BCUT2D eigenvalue weighted by Gasteiger charge is 2.24. The number of benzene rings is 1. The third kappa shape index (κ3) is 2.63. The minimum Gasteiger partial charge on any atom is -0.491 e. The molecule has 1 aliphatic heterocycles. The summed E-state index contributed by atoms with van der Waals surface area (Å²) in [6, 6.07) is 8.00. The number of halogens is 1. The highest BCUT2D eigenvalue weighted by atomic mass is 32.1. The van der Waals surface area contributed by atoms with Gasteiger partial charge in [0.15, 0.2) is 5.01 Å². The number of rotatable bonds is 1. The Labute approximate surface area is 135 Å². The van der Waals surface area contributed by atoms with Gasteiger partial charge >= 0.3 is 0 Å². The van der Waals surface area contributed by atoms with Gasteiger partial charge < -0.3 is 9.64 Å². The normalized spacial score (nSPS) is 14.2. The lowest BCUT2D eigenvalue weighted by Crippen LogP contribution is -2.32. The van der Waals surface area contributed by atoms with Crippen molar-refractivity contribution in [3.63, 3.8) is 0 Å². The number of thiazole rings is 1. The molecule has 0 unspecified atom stereocenters. The molecular formula is C16H12FN3O2S. The van der Waals surface area contributed by atoms with E-state index in [1.807, 2.05) is 6.07 Å². The highest BCUT2D eigenvalue weighted by molar-refractivity contribution is 7.19. The molecule has 4 rings (SSSR count). The summed E-state index contributed by atoms with van der Waals surface area (Å²) < 4.78 is 18.8. The molecule has 0 saturated heterocycles.